The highest BCUT2D eigenvalue weighted by Gasteiger charge is 1.93. The van der Waals surface area contributed by atoms with Crippen LogP contribution in [0, 0.1) is 6.58 Å². The molecule has 113 valence electrons. The van der Waals surface area contributed by atoms with E-state index in [9.17, 15) is 0 Å². The molecule has 0 aromatic rings. The first-order valence-electron chi connectivity index (χ1n) is 8.45. The van der Waals surface area contributed by atoms with E-state index in [1.165, 1.54) is 89.9 Å². The highest BCUT2D eigenvalue weighted by atomic mass is 27.0. The van der Waals surface area contributed by atoms with Crippen molar-refractivity contribution in [2.75, 3.05) is 0 Å². The van der Waals surface area contributed by atoms with Crippen LogP contribution in [0.1, 0.15) is 103 Å². The molecule has 0 bridgehead atoms. The predicted molar refractivity (Wildman–Crippen MR) is 93.7 cm³/mol. The second-order valence-electron chi connectivity index (χ2n) is 5.62. The van der Waals surface area contributed by atoms with Gasteiger partial charge in [0.1, 0.15) is 0 Å². The molecule has 0 amide bonds. The zero-order chi connectivity index (χ0) is 13.3. The average molecular weight is 281 g/mol. The van der Waals surface area contributed by atoms with Crippen LogP contribution in [0.15, 0.2) is 6.08 Å². The minimum Gasteiger partial charge on any atom is -0.0845 e. The zero-order valence-electron chi connectivity index (χ0n) is 12.8. The summed E-state index contributed by atoms with van der Waals surface area (Å²) < 4.78 is 0. The van der Waals surface area contributed by atoms with Crippen LogP contribution in [0.3, 0.4) is 0 Å². The fourth-order valence-electron chi connectivity index (χ4n) is 2.46. The van der Waals surface area contributed by atoms with E-state index in [0.717, 1.165) is 6.42 Å². The molecular formula is C18H38Al. The maximum atomic E-state index is 5.35. The second kappa shape index (κ2) is 20.6. The molecule has 0 unspecified atom stereocenters. The number of hydrogen-bond donors (Lipinski definition) is 0. The Morgan fingerprint density at radius 1 is 0.579 bits per heavy atom. The van der Waals surface area contributed by atoms with Crippen LogP contribution in [0.2, 0.25) is 0 Å². The Morgan fingerprint density at radius 3 is 1.21 bits per heavy atom. The summed E-state index contributed by atoms with van der Waals surface area (Å²) in [6.45, 7) is 7.64. The van der Waals surface area contributed by atoms with Crippen LogP contribution in [0.5, 0.6) is 0 Å². The van der Waals surface area contributed by atoms with E-state index >= 15 is 0 Å². The van der Waals surface area contributed by atoms with Crippen molar-refractivity contribution in [3.63, 3.8) is 0 Å². The molecule has 0 aliphatic rings. The van der Waals surface area contributed by atoms with E-state index in [1.54, 1.807) is 6.08 Å². The van der Waals surface area contributed by atoms with Crippen LogP contribution >= 0.6 is 0 Å². The SMILES string of the molecule is [AlH3].[CH]=CCCCCCCCCCCCCCCCC. The molecule has 0 aromatic heterocycles. The van der Waals surface area contributed by atoms with Crippen molar-refractivity contribution in [3.8, 4) is 0 Å². The molecule has 0 aliphatic heterocycles. The van der Waals surface area contributed by atoms with Gasteiger partial charge in [0, 0.05) is 0 Å². The summed E-state index contributed by atoms with van der Waals surface area (Å²) in [5.41, 5.74) is 0. The van der Waals surface area contributed by atoms with Crippen LogP contribution in [0.25, 0.3) is 0 Å². The molecule has 0 N–H and O–H groups in total. The Morgan fingerprint density at radius 2 is 0.895 bits per heavy atom. The van der Waals surface area contributed by atoms with Gasteiger partial charge in [0.2, 0.25) is 0 Å². The van der Waals surface area contributed by atoms with E-state index in [2.05, 4.69) is 6.92 Å². The average Bonchev–Trinajstić information content (AvgIpc) is 2.39. The third-order valence-corrected chi connectivity index (χ3v) is 3.72. The van der Waals surface area contributed by atoms with Gasteiger partial charge >= 0.3 is 0 Å². The molecule has 0 aromatic carbocycles. The van der Waals surface area contributed by atoms with Gasteiger partial charge in [0.25, 0.3) is 0 Å². The van der Waals surface area contributed by atoms with Gasteiger partial charge in [0.05, 0.1) is 0 Å². The molecule has 0 atom stereocenters. The molecule has 0 saturated heterocycles. The quantitative estimate of drug-likeness (QED) is 0.268. The predicted octanol–water partition coefficient (Wildman–Crippen LogP) is 5.66. The Labute approximate surface area is 133 Å². The summed E-state index contributed by atoms with van der Waals surface area (Å²) >= 11 is 0. The molecule has 0 aliphatic carbocycles. The smallest absolute Gasteiger partial charge is 0.0845 e. The standard InChI is InChI=1S/C18H35.Al.3H/c1-3-5-7-9-11-13-15-17-18-16-14-12-10-8-6-4-2;;;;/h1,3H,4-18H2,2H3;;;;. The van der Waals surface area contributed by atoms with Gasteiger partial charge in [-0.1, -0.05) is 103 Å². The van der Waals surface area contributed by atoms with Crippen molar-refractivity contribution < 1.29 is 0 Å². The van der Waals surface area contributed by atoms with E-state index < -0.39 is 0 Å². The Kier molecular flexibility index (Phi) is 23.4. The molecule has 0 spiro atoms. The Balaban J connectivity index is 0. The van der Waals surface area contributed by atoms with Crippen molar-refractivity contribution in [1.29, 1.82) is 0 Å². The van der Waals surface area contributed by atoms with Crippen LogP contribution in [-0.2, 0) is 0 Å². The molecule has 0 nitrogen and oxygen atoms in total. The number of unbranched alkanes of at least 4 members (excludes halogenated alkanes) is 14. The van der Waals surface area contributed by atoms with Crippen LogP contribution in [-0.4, -0.2) is 17.4 Å². The number of rotatable bonds is 15. The van der Waals surface area contributed by atoms with Crippen molar-refractivity contribution in [1.82, 2.24) is 0 Å². The summed E-state index contributed by atoms with van der Waals surface area (Å²) in [5, 5.41) is 0. The van der Waals surface area contributed by atoms with Crippen molar-refractivity contribution >= 4 is 17.4 Å². The first-order valence-corrected chi connectivity index (χ1v) is 8.45. The van der Waals surface area contributed by atoms with Gasteiger partial charge in [-0.2, -0.15) is 0 Å². The van der Waals surface area contributed by atoms with Crippen molar-refractivity contribution in [3.05, 3.63) is 12.7 Å². The lowest BCUT2D eigenvalue weighted by Crippen LogP contribution is -1.83. The van der Waals surface area contributed by atoms with Crippen LogP contribution < -0.4 is 0 Å². The van der Waals surface area contributed by atoms with E-state index in [-0.39, 0.29) is 17.4 Å². The monoisotopic (exact) mass is 281 g/mol. The molecule has 1 radical (unpaired) electrons. The van der Waals surface area contributed by atoms with Gasteiger partial charge in [0.15, 0.2) is 17.4 Å². The van der Waals surface area contributed by atoms with E-state index in [1.807, 2.05) is 0 Å². The molecular weight excluding hydrogens is 243 g/mol. The van der Waals surface area contributed by atoms with E-state index in [4.69, 9.17) is 6.58 Å². The van der Waals surface area contributed by atoms with Gasteiger partial charge in [-0.3, -0.25) is 0 Å². The fourth-order valence-corrected chi connectivity index (χ4v) is 2.46. The summed E-state index contributed by atoms with van der Waals surface area (Å²) in [7, 11) is 0. The van der Waals surface area contributed by atoms with Gasteiger partial charge in [-0.05, 0) is 12.8 Å². The number of hydrogen-bond acceptors (Lipinski definition) is 0. The third kappa shape index (κ3) is 20.7. The lowest BCUT2D eigenvalue weighted by molar-refractivity contribution is 0.536. The van der Waals surface area contributed by atoms with Crippen molar-refractivity contribution in [2.24, 2.45) is 0 Å². The normalized spacial score (nSPS) is 10.2. The molecule has 0 heterocycles. The fraction of sp³-hybridized carbons (Fsp3) is 0.889. The Bertz CT molecular complexity index is 154. The molecule has 0 fully saturated rings. The summed E-state index contributed by atoms with van der Waals surface area (Å²) in [6.07, 6.45) is 22.9. The first-order chi connectivity index (χ1) is 8.91. The van der Waals surface area contributed by atoms with E-state index in [0.29, 0.717) is 0 Å². The zero-order valence-corrected chi connectivity index (χ0v) is 12.8. The summed E-state index contributed by atoms with van der Waals surface area (Å²) in [5.74, 6) is 0. The largest absolute Gasteiger partial charge is 0.187 e. The van der Waals surface area contributed by atoms with Crippen LogP contribution in [0.4, 0.5) is 0 Å². The molecule has 0 rings (SSSR count). The first kappa shape index (κ1) is 21.6. The van der Waals surface area contributed by atoms with Crippen molar-refractivity contribution in [2.45, 2.75) is 103 Å². The Hall–Kier alpha value is 0.272. The minimum atomic E-state index is 0. The highest BCUT2D eigenvalue weighted by molar-refractivity contribution is 5.75. The number of allylic oxidation sites excluding steroid dienone is 1. The summed E-state index contributed by atoms with van der Waals surface area (Å²) in [4.78, 5) is 0. The van der Waals surface area contributed by atoms with Gasteiger partial charge in [-0.25, -0.2) is 0 Å². The van der Waals surface area contributed by atoms with Gasteiger partial charge < -0.3 is 0 Å². The molecule has 0 saturated carbocycles. The van der Waals surface area contributed by atoms with Gasteiger partial charge in [-0.15, -0.1) is 0 Å². The topological polar surface area (TPSA) is 0 Å². The minimum absolute atomic E-state index is 0. The maximum absolute atomic E-state index is 5.35. The second-order valence-corrected chi connectivity index (χ2v) is 5.62. The molecule has 19 heavy (non-hydrogen) atoms. The maximum Gasteiger partial charge on any atom is 0.187 e. The summed E-state index contributed by atoms with van der Waals surface area (Å²) in [6, 6.07) is 0. The third-order valence-electron chi connectivity index (χ3n) is 3.72. The lowest BCUT2D eigenvalue weighted by atomic mass is 10.0. The highest BCUT2D eigenvalue weighted by Crippen LogP contribution is 2.13. The lowest BCUT2D eigenvalue weighted by Gasteiger charge is -2.02. The molecule has 1 heteroatoms.